The van der Waals surface area contributed by atoms with Gasteiger partial charge in [-0.25, -0.2) is 4.79 Å². The van der Waals surface area contributed by atoms with Crippen LogP contribution in [0.2, 0.25) is 0 Å². The molecule has 0 aliphatic carbocycles. The molecular formula is C19H23NO4. The second-order valence-electron chi connectivity index (χ2n) is 6.23. The summed E-state index contributed by atoms with van der Waals surface area (Å²) < 4.78 is 11.2. The molecule has 0 radical (unpaired) electrons. The molecule has 1 aliphatic rings. The van der Waals surface area contributed by atoms with Crippen LogP contribution in [0.4, 0.5) is 4.79 Å². The molecule has 0 aromatic heterocycles. The summed E-state index contributed by atoms with van der Waals surface area (Å²) in [6, 6.07) is 12.1. The van der Waals surface area contributed by atoms with Crippen molar-refractivity contribution >= 4 is 16.9 Å². The van der Waals surface area contributed by atoms with E-state index in [2.05, 4.69) is 6.07 Å². The maximum absolute atomic E-state index is 10.9. The minimum absolute atomic E-state index is 0.543. The molecule has 1 saturated heterocycles. The number of hydrogen-bond donors (Lipinski definition) is 1. The zero-order valence-corrected chi connectivity index (χ0v) is 13.9. The lowest BCUT2D eigenvalue weighted by atomic mass is 9.94. The van der Waals surface area contributed by atoms with Gasteiger partial charge in [-0.3, -0.25) is 0 Å². The third-order valence-corrected chi connectivity index (χ3v) is 4.70. The molecule has 5 nitrogen and oxygen atoms in total. The van der Waals surface area contributed by atoms with Crippen LogP contribution in [-0.4, -0.2) is 42.9 Å². The van der Waals surface area contributed by atoms with E-state index in [0.717, 1.165) is 41.5 Å². The van der Waals surface area contributed by atoms with Crippen LogP contribution in [0.5, 0.6) is 11.5 Å². The highest BCUT2D eigenvalue weighted by atomic mass is 16.5. The molecule has 1 heterocycles. The van der Waals surface area contributed by atoms with Crippen molar-refractivity contribution in [3.05, 3.63) is 36.4 Å². The average Bonchev–Trinajstić information content (AvgIpc) is 2.61. The Morgan fingerprint density at radius 1 is 1.12 bits per heavy atom. The van der Waals surface area contributed by atoms with Crippen LogP contribution < -0.4 is 9.47 Å². The Kier molecular flexibility index (Phi) is 5.08. The highest BCUT2D eigenvalue weighted by Crippen LogP contribution is 2.26. The monoisotopic (exact) mass is 329 g/mol. The summed E-state index contributed by atoms with van der Waals surface area (Å²) in [6.07, 6.45) is 2.00. The van der Waals surface area contributed by atoms with Crippen LogP contribution in [0.15, 0.2) is 36.4 Å². The zero-order valence-electron chi connectivity index (χ0n) is 13.9. The van der Waals surface area contributed by atoms with Crippen molar-refractivity contribution in [2.45, 2.75) is 19.3 Å². The van der Waals surface area contributed by atoms with Crippen LogP contribution in [0, 0.1) is 5.92 Å². The van der Waals surface area contributed by atoms with Crippen molar-refractivity contribution in [3.8, 4) is 11.5 Å². The van der Waals surface area contributed by atoms with E-state index >= 15 is 0 Å². The van der Waals surface area contributed by atoms with Crippen molar-refractivity contribution in [3.63, 3.8) is 0 Å². The summed E-state index contributed by atoms with van der Waals surface area (Å²) in [4.78, 5) is 12.4. The predicted octanol–water partition coefficient (Wildman–Crippen LogP) is 4.01. The van der Waals surface area contributed by atoms with Gasteiger partial charge in [0.15, 0.2) is 0 Å². The first-order chi connectivity index (χ1) is 11.7. The van der Waals surface area contributed by atoms with Crippen LogP contribution >= 0.6 is 0 Å². The Balaban J connectivity index is 1.52. The quantitative estimate of drug-likeness (QED) is 0.900. The number of ether oxygens (including phenoxy) is 2. The molecule has 0 spiro atoms. The Labute approximate surface area is 141 Å². The normalized spacial score (nSPS) is 15.5. The van der Waals surface area contributed by atoms with Gasteiger partial charge in [0.2, 0.25) is 0 Å². The Morgan fingerprint density at radius 2 is 1.79 bits per heavy atom. The van der Waals surface area contributed by atoms with E-state index in [9.17, 15) is 4.79 Å². The van der Waals surface area contributed by atoms with Crippen molar-refractivity contribution in [2.75, 3.05) is 26.8 Å². The van der Waals surface area contributed by atoms with E-state index in [1.165, 1.54) is 4.90 Å². The molecule has 1 N–H and O–H groups in total. The molecule has 1 fully saturated rings. The number of nitrogens with zero attached hydrogens (tertiary/aromatic N) is 1. The molecule has 128 valence electrons. The molecule has 0 bridgehead atoms. The lowest BCUT2D eigenvalue weighted by molar-refractivity contribution is 0.119. The molecule has 24 heavy (non-hydrogen) atoms. The first-order valence-corrected chi connectivity index (χ1v) is 8.34. The summed E-state index contributed by atoms with van der Waals surface area (Å²) >= 11 is 0. The minimum Gasteiger partial charge on any atom is -0.497 e. The van der Waals surface area contributed by atoms with Gasteiger partial charge in [-0.2, -0.15) is 0 Å². The Bertz CT molecular complexity index is 708. The fraction of sp³-hybridized carbons (Fsp3) is 0.421. The SMILES string of the molecule is COc1ccc2ccc(OCCC3CCN(C(=O)O)CC3)cc2c1. The van der Waals surface area contributed by atoms with Crippen LogP contribution in [0.3, 0.4) is 0 Å². The minimum atomic E-state index is -0.809. The van der Waals surface area contributed by atoms with Gasteiger partial charge >= 0.3 is 6.09 Å². The standard InChI is InChI=1S/C19H23NO4/c1-23-17-4-2-15-3-5-18(13-16(15)12-17)24-11-8-14-6-9-20(10-7-14)19(21)22/h2-5,12-14H,6-11H2,1H3,(H,21,22). The number of fused-ring (bicyclic) bond motifs is 1. The first kappa shape index (κ1) is 16.4. The van der Waals surface area contributed by atoms with Gasteiger partial charge in [-0.1, -0.05) is 12.1 Å². The van der Waals surface area contributed by atoms with Crippen LogP contribution in [0.25, 0.3) is 10.8 Å². The maximum Gasteiger partial charge on any atom is 0.407 e. The summed E-state index contributed by atoms with van der Waals surface area (Å²) in [5.74, 6) is 2.24. The fourth-order valence-electron chi connectivity index (χ4n) is 3.18. The second kappa shape index (κ2) is 7.43. The lowest BCUT2D eigenvalue weighted by Crippen LogP contribution is -2.37. The van der Waals surface area contributed by atoms with Gasteiger partial charge in [0, 0.05) is 13.1 Å². The van der Waals surface area contributed by atoms with E-state index < -0.39 is 6.09 Å². The lowest BCUT2D eigenvalue weighted by Gasteiger charge is -2.29. The Hall–Kier alpha value is -2.43. The van der Waals surface area contributed by atoms with Crippen molar-refractivity contribution in [2.24, 2.45) is 5.92 Å². The number of rotatable bonds is 5. The molecule has 5 heteroatoms. The van der Waals surface area contributed by atoms with Crippen molar-refractivity contribution in [1.29, 1.82) is 0 Å². The fourth-order valence-corrected chi connectivity index (χ4v) is 3.18. The topological polar surface area (TPSA) is 59.0 Å². The van der Waals surface area contributed by atoms with Crippen LogP contribution in [0.1, 0.15) is 19.3 Å². The molecule has 0 unspecified atom stereocenters. The van der Waals surface area contributed by atoms with Crippen molar-refractivity contribution in [1.82, 2.24) is 4.90 Å². The molecule has 0 saturated carbocycles. The molecular weight excluding hydrogens is 306 g/mol. The van der Waals surface area contributed by atoms with E-state index in [1.54, 1.807) is 7.11 Å². The zero-order chi connectivity index (χ0) is 16.9. The third-order valence-electron chi connectivity index (χ3n) is 4.70. The molecule has 1 amide bonds. The number of benzene rings is 2. The van der Waals surface area contributed by atoms with E-state index in [4.69, 9.17) is 14.6 Å². The van der Waals surface area contributed by atoms with Gasteiger partial charge in [0.05, 0.1) is 13.7 Å². The summed E-state index contributed by atoms with van der Waals surface area (Å²) in [6.45, 7) is 1.93. The van der Waals surface area contributed by atoms with Gasteiger partial charge in [0.25, 0.3) is 0 Å². The largest absolute Gasteiger partial charge is 0.497 e. The number of amides is 1. The van der Waals surface area contributed by atoms with E-state index in [0.29, 0.717) is 25.6 Å². The number of piperidine rings is 1. The maximum atomic E-state index is 10.9. The average molecular weight is 329 g/mol. The van der Waals surface area contributed by atoms with Gasteiger partial charge < -0.3 is 19.5 Å². The highest BCUT2D eigenvalue weighted by Gasteiger charge is 2.21. The smallest absolute Gasteiger partial charge is 0.407 e. The summed E-state index contributed by atoms with van der Waals surface area (Å²) in [7, 11) is 1.66. The first-order valence-electron chi connectivity index (χ1n) is 8.34. The third kappa shape index (κ3) is 3.91. The predicted molar refractivity (Wildman–Crippen MR) is 92.9 cm³/mol. The molecule has 0 atom stereocenters. The molecule has 1 aliphatic heterocycles. The van der Waals surface area contributed by atoms with Gasteiger partial charge in [0.1, 0.15) is 11.5 Å². The second-order valence-corrected chi connectivity index (χ2v) is 6.23. The van der Waals surface area contributed by atoms with E-state index in [1.807, 2.05) is 30.3 Å². The Morgan fingerprint density at radius 3 is 2.46 bits per heavy atom. The number of carbonyl (C=O) groups is 1. The molecule has 3 rings (SSSR count). The number of likely N-dealkylation sites (tertiary alicyclic amines) is 1. The number of hydrogen-bond acceptors (Lipinski definition) is 3. The van der Waals surface area contributed by atoms with Crippen LogP contribution in [-0.2, 0) is 0 Å². The van der Waals surface area contributed by atoms with Gasteiger partial charge in [-0.05, 0) is 60.2 Å². The van der Waals surface area contributed by atoms with E-state index in [-0.39, 0.29) is 0 Å². The number of methoxy groups -OCH3 is 1. The molecule has 2 aromatic carbocycles. The molecule has 2 aromatic rings. The summed E-state index contributed by atoms with van der Waals surface area (Å²) in [5, 5.41) is 11.2. The van der Waals surface area contributed by atoms with Gasteiger partial charge in [-0.15, -0.1) is 0 Å². The number of carboxylic acid groups (broad SMARTS) is 1. The van der Waals surface area contributed by atoms with Crippen molar-refractivity contribution < 1.29 is 19.4 Å². The summed E-state index contributed by atoms with van der Waals surface area (Å²) in [5.41, 5.74) is 0. The highest BCUT2D eigenvalue weighted by molar-refractivity contribution is 5.85.